The fourth-order valence-corrected chi connectivity index (χ4v) is 3.95. The van der Waals surface area contributed by atoms with Crippen molar-refractivity contribution in [2.45, 2.75) is 26.3 Å². The highest BCUT2D eigenvalue weighted by Gasteiger charge is 2.30. The number of hydrogen-bond donors (Lipinski definition) is 0. The minimum atomic E-state index is -0.287. The summed E-state index contributed by atoms with van der Waals surface area (Å²) in [7, 11) is 1.53. The molecule has 0 aliphatic carbocycles. The number of piperazine rings is 1. The summed E-state index contributed by atoms with van der Waals surface area (Å²) in [6.45, 7) is 9.39. The van der Waals surface area contributed by atoms with Gasteiger partial charge in [0.25, 0.3) is 5.56 Å². The van der Waals surface area contributed by atoms with Crippen LogP contribution >= 0.6 is 11.5 Å². The first kappa shape index (κ1) is 16.9. The van der Waals surface area contributed by atoms with E-state index in [0.29, 0.717) is 23.3 Å². The fraction of sp³-hybridized carbons (Fsp3) is 0.562. The van der Waals surface area contributed by atoms with E-state index in [4.69, 9.17) is 4.84 Å². The van der Waals surface area contributed by atoms with Crippen molar-refractivity contribution in [3.63, 3.8) is 0 Å². The van der Waals surface area contributed by atoms with Gasteiger partial charge < -0.3 is 4.90 Å². The van der Waals surface area contributed by atoms with Crippen LogP contribution in [0, 0.1) is 0 Å². The van der Waals surface area contributed by atoms with Gasteiger partial charge in [-0.1, -0.05) is 0 Å². The summed E-state index contributed by atoms with van der Waals surface area (Å²) in [6.07, 6.45) is 1.72. The monoisotopic (exact) mass is 351 g/mol. The summed E-state index contributed by atoms with van der Waals surface area (Å²) in [4.78, 5) is 35.3. The Labute approximate surface area is 144 Å². The smallest absolute Gasteiger partial charge is 0.321 e. The summed E-state index contributed by atoms with van der Waals surface area (Å²) >= 11 is 1.12. The lowest BCUT2D eigenvalue weighted by molar-refractivity contribution is -0.863. The predicted octanol–water partition coefficient (Wildman–Crippen LogP) is 0.793. The summed E-state index contributed by atoms with van der Waals surface area (Å²) < 4.78 is 2.73. The number of carbonyl (C=O) groups is 1. The zero-order chi connectivity index (χ0) is 17.5. The minimum absolute atomic E-state index is 0.0909. The number of hydrogen-bond acceptors (Lipinski definition) is 5. The number of nitrogens with zero attached hydrogens (tertiary/aromatic N) is 4. The van der Waals surface area contributed by atoms with Crippen LogP contribution in [0.25, 0.3) is 10.2 Å². The lowest BCUT2D eigenvalue weighted by atomic mass is 10.1. The van der Waals surface area contributed by atoms with Crippen molar-refractivity contribution in [2.24, 2.45) is 0 Å². The molecule has 0 atom stereocenters. The maximum Gasteiger partial charge on any atom is 0.341 e. The van der Waals surface area contributed by atoms with Gasteiger partial charge >= 0.3 is 10.9 Å². The van der Waals surface area contributed by atoms with Crippen LogP contribution in [0.4, 0.5) is 4.79 Å². The van der Waals surface area contributed by atoms with Gasteiger partial charge in [-0.25, -0.2) is 4.79 Å². The first-order valence-corrected chi connectivity index (χ1v) is 8.76. The third kappa shape index (κ3) is 2.91. The molecule has 3 rings (SSSR count). The molecule has 0 saturated carbocycles. The third-order valence-electron chi connectivity index (χ3n) is 4.38. The molecule has 0 radical (unpaired) electrons. The summed E-state index contributed by atoms with van der Waals surface area (Å²) in [5.41, 5.74) is -0.196. The van der Waals surface area contributed by atoms with Gasteiger partial charge in [0, 0.05) is 54.0 Å². The lowest BCUT2D eigenvalue weighted by Gasteiger charge is -2.41. The zero-order valence-corrected chi connectivity index (χ0v) is 15.3. The Balaban J connectivity index is 1.85. The molecule has 2 aromatic rings. The SMILES string of the molecule is CO[n+]1cccc2c(=O)n(C(=O)N3CCN(C(C)(C)C)CC3)sc21. The van der Waals surface area contributed by atoms with Crippen LogP contribution < -0.4 is 15.1 Å². The maximum atomic E-state index is 12.8. The second kappa shape index (κ2) is 6.18. The molecule has 1 fully saturated rings. The average Bonchev–Trinajstić information content (AvgIpc) is 2.90. The number of fused-ring (bicyclic) bond motifs is 1. The van der Waals surface area contributed by atoms with E-state index in [1.165, 1.54) is 15.8 Å². The van der Waals surface area contributed by atoms with Crippen LogP contribution in [0.3, 0.4) is 0 Å². The van der Waals surface area contributed by atoms with Crippen LogP contribution in [-0.4, -0.2) is 58.6 Å². The molecule has 0 N–H and O–H groups in total. The lowest BCUT2D eigenvalue weighted by Crippen LogP contribution is -2.55. The van der Waals surface area contributed by atoms with Gasteiger partial charge in [-0.2, -0.15) is 3.96 Å². The highest BCUT2D eigenvalue weighted by atomic mass is 32.1. The van der Waals surface area contributed by atoms with E-state index in [-0.39, 0.29) is 17.1 Å². The van der Waals surface area contributed by atoms with Crippen LogP contribution in [0.5, 0.6) is 0 Å². The van der Waals surface area contributed by atoms with Crippen molar-refractivity contribution in [3.05, 3.63) is 28.7 Å². The topological polar surface area (TPSA) is 58.7 Å². The Bertz CT molecular complexity index is 813. The Morgan fingerprint density at radius 1 is 1.25 bits per heavy atom. The molecule has 1 aliphatic heterocycles. The summed E-state index contributed by atoms with van der Waals surface area (Å²) in [5.74, 6) is 0. The first-order valence-electron chi connectivity index (χ1n) is 7.98. The Morgan fingerprint density at radius 3 is 2.50 bits per heavy atom. The molecular formula is C16H23N4O3S+. The maximum absolute atomic E-state index is 12.8. The summed E-state index contributed by atoms with van der Waals surface area (Å²) in [6, 6.07) is 3.19. The fourth-order valence-electron chi connectivity index (χ4n) is 2.93. The Kier molecular flexibility index (Phi) is 4.35. The normalized spacial score (nSPS) is 16.6. The van der Waals surface area contributed by atoms with Gasteiger partial charge in [-0.05, 0) is 26.8 Å². The van der Waals surface area contributed by atoms with Crippen molar-refractivity contribution in [3.8, 4) is 0 Å². The van der Waals surface area contributed by atoms with Gasteiger partial charge in [0.05, 0.1) is 0 Å². The quantitative estimate of drug-likeness (QED) is 0.713. The Hall–Kier alpha value is -1.93. The van der Waals surface area contributed by atoms with E-state index in [9.17, 15) is 9.59 Å². The summed E-state index contributed by atoms with van der Waals surface area (Å²) in [5, 5.41) is 0.492. The molecule has 130 valence electrons. The second-order valence-corrected chi connectivity index (χ2v) is 7.79. The molecule has 0 bridgehead atoms. The molecule has 0 spiro atoms. The number of aromatic nitrogens is 2. The van der Waals surface area contributed by atoms with Gasteiger partial charge in [0.2, 0.25) is 6.20 Å². The van der Waals surface area contributed by atoms with Gasteiger partial charge in [-0.3, -0.25) is 14.5 Å². The molecule has 1 amide bonds. The Morgan fingerprint density at radius 2 is 1.92 bits per heavy atom. The number of amides is 1. The largest absolute Gasteiger partial charge is 0.341 e. The van der Waals surface area contributed by atoms with Crippen molar-refractivity contribution in [1.82, 2.24) is 13.8 Å². The van der Waals surface area contributed by atoms with Gasteiger partial charge in [-0.15, -0.1) is 0 Å². The van der Waals surface area contributed by atoms with E-state index < -0.39 is 0 Å². The third-order valence-corrected chi connectivity index (χ3v) is 5.45. The van der Waals surface area contributed by atoms with Gasteiger partial charge in [0.1, 0.15) is 12.5 Å². The number of pyridine rings is 1. The van der Waals surface area contributed by atoms with Crippen molar-refractivity contribution in [1.29, 1.82) is 0 Å². The molecule has 2 aromatic heterocycles. The molecule has 24 heavy (non-hydrogen) atoms. The van der Waals surface area contributed by atoms with Crippen LogP contribution in [0.1, 0.15) is 20.8 Å². The molecule has 0 aromatic carbocycles. The van der Waals surface area contributed by atoms with E-state index in [0.717, 1.165) is 24.6 Å². The molecule has 8 heteroatoms. The van der Waals surface area contributed by atoms with Crippen LogP contribution in [-0.2, 0) is 0 Å². The highest BCUT2D eigenvalue weighted by Crippen LogP contribution is 2.17. The molecule has 7 nitrogen and oxygen atoms in total. The van der Waals surface area contributed by atoms with Crippen molar-refractivity contribution < 1.29 is 14.4 Å². The van der Waals surface area contributed by atoms with Crippen LogP contribution in [0.2, 0.25) is 0 Å². The van der Waals surface area contributed by atoms with E-state index in [1.54, 1.807) is 23.2 Å². The van der Waals surface area contributed by atoms with E-state index in [2.05, 4.69) is 25.7 Å². The average molecular weight is 351 g/mol. The molecule has 3 heterocycles. The van der Waals surface area contributed by atoms with Crippen LogP contribution in [0.15, 0.2) is 23.1 Å². The first-order chi connectivity index (χ1) is 11.3. The molecule has 0 unspecified atom stereocenters. The van der Waals surface area contributed by atoms with Crippen molar-refractivity contribution in [2.75, 3.05) is 33.3 Å². The highest BCUT2D eigenvalue weighted by molar-refractivity contribution is 7.13. The predicted molar refractivity (Wildman–Crippen MR) is 92.5 cm³/mol. The number of rotatable bonds is 1. The van der Waals surface area contributed by atoms with E-state index in [1.807, 2.05) is 0 Å². The number of carbonyl (C=O) groups excluding carboxylic acids is 1. The minimum Gasteiger partial charge on any atom is -0.321 e. The second-order valence-electron chi connectivity index (χ2n) is 6.85. The standard InChI is InChI=1S/C16H23N4O3S/c1-16(2,3)18-10-8-17(9-11-18)15(22)20-13(21)12-6-5-7-19(23-4)14(12)24-20/h5-7H,8-11H2,1-4H3/q+1. The van der Waals surface area contributed by atoms with Gasteiger partial charge in [0.15, 0.2) is 0 Å². The van der Waals surface area contributed by atoms with E-state index >= 15 is 0 Å². The van der Waals surface area contributed by atoms with Crippen molar-refractivity contribution >= 4 is 27.8 Å². The zero-order valence-electron chi connectivity index (χ0n) is 14.5. The molecule has 1 saturated heterocycles. The molecule has 1 aliphatic rings. The molecular weight excluding hydrogens is 328 g/mol.